The Balaban J connectivity index is 2.28. The van der Waals surface area contributed by atoms with Crippen molar-refractivity contribution in [3.8, 4) is 0 Å². The molecule has 0 bridgehead atoms. The minimum absolute atomic E-state index is 0.195. The minimum Gasteiger partial charge on any atom is -0.465 e. The predicted octanol–water partition coefficient (Wildman–Crippen LogP) is 2.48. The summed E-state index contributed by atoms with van der Waals surface area (Å²) >= 11 is 0. The average Bonchev–Trinajstić information content (AvgIpc) is 2.72. The zero-order chi connectivity index (χ0) is 17.3. The van der Waals surface area contributed by atoms with Crippen LogP contribution in [0.4, 0.5) is 0 Å². The molecule has 1 heterocycles. The van der Waals surface area contributed by atoms with Crippen molar-refractivity contribution in [1.29, 1.82) is 0 Å². The number of aliphatic hydroxyl groups is 1. The normalized spacial score (nSPS) is 19.7. The molecule has 0 radical (unpaired) electrons. The number of rotatable bonds is 4. The van der Waals surface area contributed by atoms with Gasteiger partial charge in [-0.1, -0.05) is 18.2 Å². The van der Waals surface area contributed by atoms with E-state index < -0.39 is 24.3 Å². The molecule has 1 N–H and O–H groups in total. The molecule has 0 atom stereocenters. The second-order valence-corrected chi connectivity index (χ2v) is 6.58. The molecule has 1 fully saturated rings. The maximum Gasteiger partial charge on any atom is 0.492 e. The zero-order valence-corrected chi connectivity index (χ0v) is 14.3. The monoisotopic (exact) mass is 318 g/mol. The van der Waals surface area contributed by atoms with Crippen molar-refractivity contribution < 1.29 is 23.9 Å². The van der Waals surface area contributed by atoms with Crippen LogP contribution in [0.5, 0.6) is 0 Å². The summed E-state index contributed by atoms with van der Waals surface area (Å²) in [5.41, 5.74) is 0.879. The molecule has 0 saturated carbocycles. The van der Waals surface area contributed by atoms with Crippen LogP contribution < -0.4 is 0 Å². The fraction of sp³-hybridized carbons (Fsp3) is 0.471. The third-order valence-electron chi connectivity index (χ3n) is 4.40. The quantitative estimate of drug-likeness (QED) is 0.682. The summed E-state index contributed by atoms with van der Waals surface area (Å²) in [6.45, 7) is 7.64. The molecule has 0 spiro atoms. The number of hydrogen-bond acceptors (Lipinski definition) is 5. The molecule has 2 rings (SSSR count). The lowest BCUT2D eigenvalue weighted by Crippen LogP contribution is -2.41. The molecule has 23 heavy (non-hydrogen) atoms. The molecule has 0 aromatic heterocycles. The van der Waals surface area contributed by atoms with Crippen LogP contribution in [0.25, 0.3) is 6.08 Å². The van der Waals surface area contributed by atoms with E-state index in [1.807, 2.05) is 33.8 Å². The van der Waals surface area contributed by atoms with Crippen molar-refractivity contribution in [2.75, 3.05) is 13.7 Å². The summed E-state index contributed by atoms with van der Waals surface area (Å²) in [6.07, 6.45) is 1.77. The average molecular weight is 318 g/mol. The molecule has 124 valence electrons. The molecule has 0 unspecified atom stereocenters. The van der Waals surface area contributed by atoms with E-state index in [4.69, 9.17) is 14.0 Å². The smallest absolute Gasteiger partial charge is 0.465 e. The van der Waals surface area contributed by atoms with Crippen LogP contribution in [0.1, 0.15) is 43.6 Å². The fourth-order valence-corrected chi connectivity index (χ4v) is 2.27. The SMILES string of the molecule is COC(=O)c1cccc(C=C(CO)B2OC(C)(C)C(C)(C)O2)c1. The number of aliphatic hydroxyl groups excluding tert-OH is 1. The first-order valence-electron chi connectivity index (χ1n) is 7.55. The minimum atomic E-state index is -0.619. The van der Waals surface area contributed by atoms with Crippen LogP contribution in [-0.2, 0) is 14.0 Å². The van der Waals surface area contributed by atoms with Gasteiger partial charge in [0.05, 0.1) is 30.5 Å². The Hall–Kier alpha value is -1.63. The molecular weight excluding hydrogens is 295 g/mol. The van der Waals surface area contributed by atoms with Crippen molar-refractivity contribution in [2.45, 2.75) is 38.9 Å². The van der Waals surface area contributed by atoms with Crippen LogP contribution in [-0.4, -0.2) is 43.1 Å². The van der Waals surface area contributed by atoms with Gasteiger partial charge in [-0.2, -0.15) is 0 Å². The molecule has 0 amide bonds. The maximum atomic E-state index is 11.6. The van der Waals surface area contributed by atoms with E-state index >= 15 is 0 Å². The van der Waals surface area contributed by atoms with Crippen LogP contribution in [0, 0.1) is 0 Å². The second kappa shape index (κ2) is 6.47. The topological polar surface area (TPSA) is 65.0 Å². The van der Waals surface area contributed by atoms with Gasteiger partial charge in [-0.15, -0.1) is 0 Å². The van der Waals surface area contributed by atoms with Crippen LogP contribution in [0.3, 0.4) is 0 Å². The van der Waals surface area contributed by atoms with Gasteiger partial charge < -0.3 is 19.2 Å². The Morgan fingerprint density at radius 2 is 1.87 bits per heavy atom. The molecule has 5 nitrogen and oxygen atoms in total. The molecule has 1 aromatic carbocycles. The Morgan fingerprint density at radius 1 is 1.26 bits per heavy atom. The van der Waals surface area contributed by atoms with Crippen LogP contribution in [0.2, 0.25) is 0 Å². The highest BCUT2D eigenvalue weighted by Gasteiger charge is 2.52. The van der Waals surface area contributed by atoms with E-state index in [0.717, 1.165) is 5.56 Å². The van der Waals surface area contributed by atoms with Crippen LogP contribution >= 0.6 is 0 Å². The Morgan fingerprint density at radius 3 is 2.39 bits per heavy atom. The van der Waals surface area contributed by atoms with E-state index in [0.29, 0.717) is 11.0 Å². The molecular formula is C17H23BO5. The summed E-state index contributed by atoms with van der Waals surface area (Å²) in [6, 6.07) is 6.98. The van der Waals surface area contributed by atoms with Gasteiger partial charge in [0.1, 0.15) is 0 Å². The molecule has 1 aromatic rings. The van der Waals surface area contributed by atoms with Crippen molar-refractivity contribution in [1.82, 2.24) is 0 Å². The summed E-state index contributed by atoms with van der Waals surface area (Å²) in [7, 11) is 0.723. The highest BCUT2D eigenvalue weighted by atomic mass is 16.7. The third kappa shape index (κ3) is 3.66. The largest absolute Gasteiger partial charge is 0.492 e. The van der Waals surface area contributed by atoms with E-state index in [-0.39, 0.29) is 6.61 Å². The number of ether oxygens (including phenoxy) is 1. The lowest BCUT2D eigenvalue weighted by atomic mass is 9.77. The maximum absolute atomic E-state index is 11.6. The molecule has 1 aliphatic heterocycles. The molecule has 6 heteroatoms. The first-order chi connectivity index (χ1) is 10.7. The Kier molecular flexibility index (Phi) is 4.99. The van der Waals surface area contributed by atoms with Gasteiger partial charge in [0.15, 0.2) is 0 Å². The lowest BCUT2D eigenvalue weighted by molar-refractivity contribution is 0.00578. The van der Waals surface area contributed by atoms with E-state index in [1.165, 1.54) is 7.11 Å². The summed E-state index contributed by atoms with van der Waals surface area (Å²) < 4.78 is 16.6. The summed E-state index contributed by atoms with van der Waals surface area (Å²) in [5, 5.41) is 9.69. The highest BCUT2D eigenvalue weighted by molar-refractivity contribution is 6.55. The standard InChI is InChI=1S/C17H23BO5/c1-16(2)17(3,4)23-18(22-16)14(11-19)10-12-7-6-8-13(9-12)15(20)21-5/h6-10,19H,11H2,1-5H3. The predicted molar refractivity (Wildman–Crippen MR) is 88.9 cm³/mol. The summed E-state index contributed by atoms with van der Waals surface area (Å²) in [5.74, 6) is -0.401. The first-order valence-corrected chi connectivity index (χ1v) is 7.55. The number of carbonyl (C=O) groups is 1. The second-order valence-electron chi connectivity index (χ2n) is 6.58. The van der Waals surface area contributed by atoms with Crippen molar-refractivity contribution in [2.24, 2.45) is 0 Å². The highest BCUT2D eigenvalue weighted by Crippen LogP contribution is 2.38. The van der Waals surface area contributed by atoms with E-state index in [2.05, 4.69) is 0 Å². The van der Waals surface area contributed by atoms with Gasteiger partial charge in [0.2, 0.25) is 0 Å². The van der Waals surface area contributed by atoms with Crippen molar-refractivity contribution >= 4 is 19.2 Å². The van der Waals surface area contributed by atoms with Gasteiger partial charge in [-0.25, -0.2) is 4.79 Å². The Bertz CT molecular complexity index is 605. The van der Waals surface area contributed by atoms with Gasteiger partial charge in [0.25, 0.3) is 0 Å². The number of hydrogen-bond donors (Lipinski definition) is 1. The van der Waals surface area contributed by atoms with Crippen molar-refractivity contribution in [3.63, 3.8) is 0 Å². The van der Waals surface area contributed by atoms with Crippen molar-refractivity contribution in [3.05, 3.63) is 40.9 Å². The van der Waals surface area contributed by atoms with E-state index in [9.17, 15) is 9.90 Å². The number of methoxy groups -OCH3 is 1. The van der Waals surface area contributed by atoms with Gasteiger partial charge in [-0.05, 0) is 50.9 Å². The summed E-state index contributed by atoms with van der Waals surface area (Å²) in [4.78, 5) is 11.6. The van der Waals surface area contributed by atoms with Gasteiger partial charge in [-0.3, -0.25) is 0 Å². The molecule has 0 aliphatic carbocycles. The Labute approximate surface area is 137 Å². The zero-order valence-electron chi connectivity index (χ0n) is 14.3. The fourth-order valence-electron chi connectivity index (χ4n) is 2.27. The number of benzene rings is 1. The van der Waals surface area contributed by atoms with E-state index in [1.54, 1.807) is 24.3 Å². The lowest BCUT2D eigenvalue weighted by Gasteiger charge is -2.32. The van der Waals surface area contributed by atoms with Gasteiger partial charge >= 0.3 is 13.1 Å². The third-order valence-corrected chi connectivity index (χ3v) is 4.40. The molecule has 1 saturated heterocycles. The number of esters is 1. The number of carbonyl (C=O) groups excluding carboxylic acids is 1. The van der Waals surface area contributed by atoms with Gasteiger partial charge in [0, 0.05) is 0 Å². The van der Waals surface area contributed by atoms with Crippen LogP contribution in [0.15, 0.2) is 29.7 Å². The first kappa shape index (κ1) is 17.7. The molecule has 1 aliphatic rings.